The van der Waals surface area contributed by atoms with Crippen LogP contribution in [0.5, 0.6) is 5.75 Å². The number of ether oxygens (including phenoxy) is 1. The van der Waals surface area contributed by atoms with Gasteiger partial charge in [0.1, 0.15) is 17.2 Å². The highest BCUT2D eigenvalue weighted by Gasteiger charge is 2.58. The predicted molar refractivity (Wildman–Crippen MR) is 73.3 cm³/mol. The molecule has 1 unspecified atom stereocenters. The molecule has 21 heavy (non-hydrogen) atoms. The third-order valence-corrected chi connectivity index (χ3v) is 3.97. The molecular formula is C15H17FN2O3. The lowest BCUT2D eigenvalue weighted by Crippen LogP contribution is -2.53. The highest BCUT2D eigenvalue weighted by Crippen LogP contribution is 2.46. The van der Waals surface area contributed by atoms with Crippen LogP contribution in [0, 0.1) is 5.82 Å². The zero-order valence-electron chi connectivity index (χ0n) is 12.2. The monoisotopic (exact) mass is 292 g/mol. The Balaban J connectivity index is 2.21. The summed E-state index contributed by atoms with van der Waals surface area (Å²) in [6.45, 7) is 5.69. The summed E-state index contributed by atoms with van der Waals surface area (Å²) >= 11 is 0. The first-order valence-electron chi connectivity index (χ1n) is 6.92. The van der Waals surface area contributed by atoms with Crippen LogP contribution in [-0.2, 0) is 10.3 Å². The van der Waals surface area contributed by atoms with Crippen LogP contribution >= 0.6 is 0 Å². The van der Waals surface area contributed by atoms with Crippen LogP contribution < -0.4 is 10.1 Å². The summed E-state index contributed by atoms with van der Waals surface area (Å²) in [6.07, 6.45) is 0.261. The molecule has 1 N–H and O–H groups in total. The number of hydrogen-bond donors (Lipinski definition) is 1. The topological polar surface area (TPSA) is 58.6 Å². The van der Waals surface area contributed by atoms with Gasteiger partial charge in [0.05, 0.1) is 0 Å². The second-order valence-corrected chi connectivity index (χ2v) is 6.06. The Hall–Kier alpha value is -2.11. The van der Waals surface area contributed by atoms with Crippen molar-refractivity contribution in [1.29, 1.82) is 0 Å². The van der Waals surface area contributed by atoms with Gasteiger partial charge in [0, 0.05) is 18.5 Å². The number of benzene rings is 1. The minimum Gasteiger partial charge on any atom is -0.487 e. The minimum absolute atomic E-state index is 0.261. The van der Waals surface area contributed by atoms with E-state index in [-0.39, 0.29) is 18.9 Å². The van der Waals surface area contributed by atoms with Crippen molar-refractivity contribution in [2.75, 3.05) is 6.54 Å². The largest absolute Gasteiger partial charge is 0.487 e. The fourth-order valence-electron chi connectivity index (χ4n) is 3.21. The summed E-state index contributed by atoms with van der Waals surface area (Å²) in [5, 5.41) is 2.75. The van der Waals surface area contributed by atoms with Gasteiger partial charge in [-0.05, 0) is 39.0 Å². The van der Waals surface area contributed by atoms with Crippen molar-refractivity contribution < 1.29 is 18.7 Å². The van der Waals surface area contributed by atoms with E-state index in [4.69, 9.17) is 4.74 Å². The van der Waals surface area contributed by atoms with E-state index in [0.717, 1.165) is 4.90 Å². The van der Waals surface area contributed by atoms with Gasteiger partial charge in [-0.15, -0.1) is 0 Å². The van der Waals surface area contributed by atoms with E-state index < -0.39 is 23.0 Å². The molecule has 3 amide bonds. The number of hydrogen-bond acceptors (Lipinski definition) is 3. The third kappa shape index (κ3) is 1.89. The van der Waals surface area contributed by atoms with E-state index in [1.807, 2.05) is 13.8 Å². The Kier molecular flexibility index (Phi) is 2.77. The van der Waals surface area contributed by atoms with Crippen molar-refractivity contribution in [2.45, 2.75) is 38.3 Å². The summed E-state index contributed by atoms with van der Waals surface area (Å²) in [7, 11) is 0. The normalized spacial score (nSPS) is 26.6. The van der Waals surface area contributed by atoms with Crippen LogP contribution in [0.1, 0.15) is 32.8 Å². The summed E-state index contributed by atoms with van der Waals surface area (Å²) in [5.74, 6) is -0.383. The average molecular weight is 292 g/mol. The standard InChI is InChI=1S/C15H17FN2O3/c1-4-18-12(19)15(17-13(18)20)8-14(2,3)21-11-6-5-9(16)7-10(11)15/h5-7H,4,8H2,1-3H3,(H,17,20). The van der Waals surface area contributed by atoms with Crippen molar-refractivity contribution in [3.8, 4) is 5.75 Å². The molecule has 3 rings (SSSR count). The maximum Gasteiger partial charge on any atom is 0.325 e. The van der Waals surface area contributed by atoms with Gasteiger partial charge in [-0.3, -0.25) is 9.69 Å². The third-order valence-electron chi connectivity index (χ3n) is 3.97. The van der Waals surface area contributed by atoms with Crippen LogP contribution in [0.2, 0.25) is 0 Å². The van der Waals surface area contributed by atoms with Gasteiger partial charge in [0.15, 0.2) is 5.54 Å². The summed E-state index contributed by atoms with van der Waals surface area (Å²) in [6, 6.07) is 3.60. The molecule has 0 saturated carbocycles. The summed E-state index contributed by atoms with van der Waals surface area (Å²) < 4.78 is 19.5. The Morgan fingerprint density at radius 2 is 2.10 bits per heavy atom. The highest BCUT2D eigenvalue weighted by molar-refractivity contribution is 6.08. The van der Waals surface area contributed by atoms with Gasteiger partial charge >= 0.3 is 6.03 Å². The molecule has 1 saturated heterocycles. The Bertz CT molecular complexity index is 644. The zero-order valence-corrected chi connectivity index (χ0v) is 12.2. The van der Waals surface area contributed by atoms with Gasteiger partial charge in [-0.1, -0.05) is 0 Å². The molecule has 0 aromatic heterocycles. The first-order valence-corrected chi connectivity index (χ1v) is 6.92. The lowest BCUT2D eigenvalue weighted by atomic mass is 9.77. The van der Waals surface area contributed by atoms with Crippen LogP contribution in [0.4, 0.5) is 9.18 Å². The molecular weight excluding hydrogens is 275 g/mol. The molecule has 2 aliphatic rings. The van der Waals surface area contributed by atoms with E-state index in [1.54, 1.807) is 6.92 Å². The predicted octanol–water partition coefficient (Wildman–Crippen LogP) is 2.15. The van der Waals surface area contributed by atoms with Crippen molar-refractivity contribution in [3.05, 3.63) is 29.6 Å². The molecule has 1 aromatic rings. The lowest BCUT2D eigenvalue weighted by Gasteiger charge is -2.42. The van der Waals surface area contributed by atoms with Crippen molar-refractivity contribution in [2.24, 2.45) is 0 Å². The second-order valence-electron chi connectivity index (χ2n) is 6.06. The first-order chi connectivity index (χ1) is 9.79. The number of carbonyl (C=O) groups is 2. The molecule has 112 valence electrons. The molecule has 1 fully saturated rings. The van der Waals surface area contributed by atoms with E-state index in [9.17, 15) is 14.0 Å². The van der Waals surface area contributed by atoms with Gasteiger partial charge < -0.3 is 10.1 Å². The van der Waals surface area contributed by atoms with Crippen LogP contribution in [0.3, 0.4) is 0 Å². The molecule has 1 atom stereocenters. The number of imide groups is 1. The molecule has 0 bridgehead atoms. The van der Waals surface area contributed by atoms with Crippen LogP contribution in [-0.4, -0.2) is 29.0 Å². The van der Waals surface area contributed by atoms with Crippen molar-refractivity contribution in [1.82, 2.24) is 10.2 Å². The first kappa shape index (κ1) is 13.9. The molecule has 0 radical (unpaired) electrons. The lowest BCUT2D eigenvalue weighted by molar-refractivity contribution is -0.134. The molecule has 0 aliphatic carbocycles. The number of halogens is 1. The number of rotatable bonds is 1. The average Bonchev–Trinajstić information content (AvgIpc) is 2.61. The summed E-state index contributed by atoms with van der Waals surface area (Å²) in [4.78, 5) is 26.0. The van der Waals surface area contributed by atoms with Gasteiger partial charge in [0.25, 0.3) is 5.91 Å². The maximum absolute atomic E-state index is 13.6. The minimum atomic E-state index is -1.24. The number of urea groups is 1. The fourth-order valence-corrected chi connectivity index (χ4v) is 3.21. The number of nitrogens with one attached hydrogen (secondary N) is 1. The molecule has 2 heterocycles. The number of nitrogens with zero attached hydrogens (tertiary/aromatic N) is 1. The number of carbonyl (C=O) groups excluding carboxylic acids is 2. The number of amides is 3. The van der Waals surface area contributed by atoms with E-state index in [1.165, 1.54) is 18.2 Å². The summed E-state index contributed by atoms with van der Waals surface area (Å²) in [5.41, 5.74) is -1.50. The van der Waals surface area contributed by atoms with Crippen LogP contribution in [0.15, 0.2) is 18.2 Å². The maximum atomic E-state index is 13.6. The van der Waals surface area contributed by atoms with E-state index >= 15 is 0 Å². The second kappa shape index (κ2) is 4.19. The smallest absolute Gasteiger partial charge is 0.325 e. The van der Waals surface area contributed by atoms with E-state index in [2.05, 4.69) is 5.32 Å². The Morgan fingerprint density at radius 3 is 2.71 bits per heavy atom. The fraction of sp³-hybridized carbons (Fsp3) is 0.467. The number of likely N-dealkylation sites (N-methyl/N-ethyl adjacent to an activating group) is 1. The van der Waals surface area contributed by atoms with Gasteiger partial charge in [-0.25, -0.2) is 9.18 Å². The van der Waals surface area contributed by atoms with Crippen LogP contribution in [0.25, 0.3) is 0 Å². The molecule has 1 aromatic carbocycles. The molecule has 1 spiro atoms. The number of fused-ring (bicyclic) bond motifs is 2. The van der Waals surface area contributed by atoms with E-state index in [0.29, 0.717) is 11.3 Å². The molecule has 2 aliphatic heterocycles. The SMILES string of the molecule is CCN1C(=O)NC2(CC(C)(C)Oc3ccc(F)cc32)C1=O. The Labute approximate surface area is 122 Å². The Morgan fingerprint density at radius 1 is 1.38 bits per heavy atom. The quantitative estimate of drug-likeness (QED) is 0.807. The van der Waals surface area contributed by atoms with Gasteiger partial charge in [0.2, 0.25) is 0 Å². The van der Waals surface area contributed by atoms with Gasteiger partial charge in [-0.2, -0.15) is 0 Å². The van der Waals surface area contributed by atoms with Crippen molar-refractivity contribution in [3.63, 3.8) is 0 Å². The molecule has 5 nitrogen and oxygen atoms in total. The zero-order chi connectivity index (χ0) is 15.4. The molecule has 6 heteroatoms. The van der Waals surface area contributed by atoms with Crippen molar-refractivity contribution >= 4 is 11.9 Å². The highest BCUT2D eigenvalue weighted by atomic mass is 19.1.